The van der Waals surface area contributed by atoms with E-state index in [1.165, 1.54) is 6.07 Å². The molecule has 1 aromatic carbocycles. The molecular weight excluding hydrogens is 253 g/mol. The molecule has 2 atom stereocenters. The van der Waals surface area contributed by atoms with Gasteiger partial charge in [-0.05, 0) is 51.0 Å². The average molecular weight is 275 g/mol. The van der Waals surface area contributed by atoms with Crippen LogP contribution in [0.15, 0.2) is 34.7 Å². The number of furan rings is 1. The lowest BCUT2D eigenvalue weighted by atomic mass is 10.0. The predicted molar refractivity (Wildman–Crippen MR) is 79.2 cm³/mol. The van der Waals surface area contributed by atoms with E-state index in [4.69, 9.17) is 4.42 Å². The fourth-order valence-corrected chi connectivity index (χ4v) is 2.65. The van der Waals surface area contributed by atoms with Crippen molar-refractivity contribution in [3.8, 4) is 0 Å². The summed E-state index contributed by atoms with van der Waals surface area (Å²) in [4.78, 5) is 0. The highest BCUT2D eigenvalue weighted by atomic mass is 19.1. The Bertz CT molecular complexity index is 576. The van der Waals surface area contributed by atoms with Crippen LogP contribution in [0.25, 0.3) is 0 Å². The maximum absolute atomic E-state index is 13.3. The molecule has 0 fully saturated rings. The van der Waals surface area contributed by atoms with Crippen molar-refractivity contribution >= 4 is 0 Å². The Hall–Kier alpha value is -1.61. The molecule has 0 aliphatic heterocycles. The maximum Gasteiger partial charge on any atom is 0.123 e. The van der Waals surface area contributed by atoms with E-state index in [0.29, 0.717) is 0 Å². The van der Waals surface area contributed by atoms with Crippen molar-refractivity contribution in [2.24, 2.45) is 0 Å². The molecule has 20 heavy (non-hydrogen) atoms. The molecule has 2 nitrogen and oxygen atoms in total. The van der Waals surface area contributed by atoms with Crippen molar-refractivity contribution in [3.63, 3.8) is 0 Å². The molecule has 108 valence electrons. The van der Waals surface area contributed by atoms with Gasteiger partial charge < -0.3 is 9.73 Å². The van der Waals surface area contributed by atoms with Crippen LogP contribution in [0.4, 0.5) is 4.39 Å². The molecular formula is C17H22FNO. The molecule has 2 unspecified atom stereocenters. The lowest BCUT2D eigenvalue weighted by Crippen LogP contribution is -2.24. The summed E-state index contributed by atoms with van der Waals surface area (Å²) in [6.45, 7) is 8.14. The van der Waals surface area contributed by atoms with E-state index >= 15 is 0 Å². The van der Waals surface area contributed by atoms with Crippen molar-refractivity contribution in [2.75, 3.05) is 0 Å². The Balaban J connectivity index is 2.16. The minimum atomic E-state index is -0.189. The first-order chi connectivity index (χ1) is 9.51. The van der Waals surface area contributed by atoms with Gasteiger partial charge in [-0.1, -0.05) is 19.1 Å². The standard InChI is InChI=1S/C17H22FNO/c1-5-17(14-7-6-8-15(18)10-14)19-12(3)16-9-11(2)20-13(16)4/h6-10,12,17,19H,5H2,1-4H3. The van der Waals surface area contributed by atoms with Gasteiger partial charge in [0.25, 0.3) is 0 Å². The van der Waals surface area contributed by atoms with Gasteiger partial charge in [0.1, 0.15) is 17.3 Å². The van der Waals surface area contributed by atoms with E-state index in [1.807, 2.05) is 19.9 Å². The van der Waals surface area contributed by atoms with Crippen LogP contribution in [0.5, 0.6) is 0 Å². The van der Waals surface area contributed by atoms with Crippen LogP contribution in [-0.4, -0.2) is 0 Å². The third-order valence-electron chi connectivity index (χ3n) is 3.66. The number of halogens is 1. The van der Waals surface area contributed by atoms with Crippen molar-refractivity contribution in [3.05, 3.63) is 58.8 Å². The molecule has 0 radical (unpaired) electrons. The first-order valence-corrected chi connectivity index (χ1v) is 7.09. The second-order valence-electron chi connectivity index (χ2n) is 5.27. The molecule has 0 aliphatic carbocycles. The highest BCUT2D eigenvalue weighted by molar-refractivity contribution is 5.25. The zero-order chi connectivity index (χ0) is 14.7. The second kappa shape index (κ2) is 6.23. The summed E-state index contributed by atoms with van der Waals surface area (Å²) in [7, 11) is 0. The van der Waals surface area contributed by atoms with Crippen molar-refractivity contribution in [1.29, 1.82) is 0 Å². The van der Waals surface area contributed by atoms with Gasteiger partial charge >= 0.3 is 0 Å². The van der Waals surface area contributed by atoms with Crippen LogP contribution in [0.2, 0.25) is 0 Å². The third kappa shape index (κ3) is 3.28. The summed E-state index contributed by atoms with van der Waals surface area (Å²) in [5, 5.41) is 3.55. The zero-order valence-corrected chi connectivity index (χ0v) is 12.5. The molecule has 0 spiro atoms. The molecule has 0 saturated carbocycles. The molecule has 0 aliphatic rings. The van der Waals surface area contributed by atoms with Crippen LogP contribution in [0.1, 0.15) is 55.0 Å². The van der Waals surface area contributed by atoms with Gasteiger partial charge in [0.2, 0.25) is 0 Å². The second-order valence-corrected chi connectivity index (χ2v) is 5.27. The monoisotopic (exact) mass is 275 g/mol. The third-order valence-corrected chi connectivity index (χ3v) is 3.66. The fourth-order valence-electron chi connectivity index (χ4n) is 2.65. The maximum atomic E-state index is 13.3. The Morgan fingerprint density at radius 3 is 2.55 bits per heavy atom. The molecule has 1 N–H and O–H groups in total. The highest BCUT2D eigenvalue weighted by Crippen LogP contribution is 2.26. The topological polar surface area (TPSA) is 25.2 Å². The summed E-state index contributed by atoms with van der Waals surface area (Å²) in [5.41, 5.74) is 2.15. The molecule has 2 rings (SSSR count). The van der Waals surface area contributed by atoms with E-state index in [9.17, 15) is 4.39 Å². The van der Waals surface area contributed by atoms with E-state index in [1.54, 1.807) is 12.1 Å². The number of benzene rings is 1. The van der Waals surface area contributed by atoms with Crippen LogP contribution >= 0.6 is 0 Å². The zero-order valence-electron chi connectivity index (χ0n) is 12.5. The normalized spacial score (nSPS) is 14.2. The number of nitrogens with one attached hydrogen (secondary N) is 1. The van der Waals surface area contributed by atoms with E-state index in [0.717, 1.165) is 29.1 Å². The van der Waals surface area contributed by atoms with Gasteiger partial charge in [-0.25, -0.2) is 4.39 Å². The quantitative estimate of drug-likeness (QED) is 0.844. The lowest BCUT2D eigenvalue weighted by Gasteiger charge is -2.22. The van der Waals surface area contributed by atoms with E-state index in [2.05, 4.69) is 25.2 Å². The van der Waals surface area contributed by atoms with Gasteiger partial charge in [0.05, 0.1) is 0 Å². The van der Waals surface area contributed by atoms with E-state index < -0.39 is 0 Å². The summed E-state index contributed by atoms with van der Waals surface area (Å²) in [6.07, 6.45) is 0.906. The molecule has 0 bridgehead atoms. The number of aryl methyl sites for hydroxylation is 2. The van der Waals surface area contributed by atoms with Crippen molar-refractivity contribution in [1.82, 2.24) is 5.32 Å². The summed E-state index contributed by atoms with van der Waals surface area (Å²) in [6, 6.07) is 9.16. The van der Waals surface area contributed by atoms with Crippen LogP contribution < -0.4 is 5.32 Å². The Morgan fingerprint density at radius 2 is 2.00 bits per heavy atom. The van der Waals surface area contributed by atoms with Crippen molar-refractivity contribution in [2.45, 2.75) is 46.2 Å². The lowest BCUT2D eigenvalue weighted by molar-refractivity contribution is 0.442. The summed E-state index contributed by atoms with van der Waals surface area (Å²) >= 11 is 0. The molecule has 3 heteroatoms. The smallest absolute Gasteiger partial charge is 0.123 e. The van der Waals surface area contributed by atoms with Crippen LogP contribution in [0, 0.1) is 19.7 Å². The van der Waals surface area contributed by atoms with Gasteiger partial charge in [-0.15, -0.1) is 0 Å². The van der Waals surface area contributed by atoms with Gasteiger partial charge in [-0.3, -0.25) is 0 Å². The molecule has 1 aromatic heterocycles. The minimum absolute atomic E-state index is 0.135. The summed E-state index contributed by atoms with van der Waals surface area (Å²) < 4.78 is 18.9. The molecule has 0 amide bonds. The van der Waals surface area contributed by atoms with Gasteiger partial charge in [0.15, 0.2) is 0 Å². The predicted octanol–water partition coefficient (Wildman–Crippen LogP) is 4.84. The number of hydrogen-bond donors (Lipinski definition) is 1. The largest absolute Gasteiger partial charge is 0.466 e. The Labute approximate surface area is 120 Å². The molecule has 0 saturated heterocycles. The van der Waals surface area contributed by atoms with Crippen LogP contribution in [0.3, 0.4) is 0 Å². The van der Waals surface area contributed by atoms with Crippen molar-refractivity contribution < 1.29 is 8.81 Å². The SMILES string of the molecule is CCC(NC(C)c1cc(C)oc1C)c1cccc(F)c1. The van der Waals surface area contributed by atoms with Crippen LogP contribution in [-0.2, 0) is 0 Å². The average Bonchev–Trinajstić information content (AvgIpc) is 2.75. The Kier molecular flexibility index (Phi) is 4.61. The first kappa shape index (κ1) is 14.8. The van der Waals surface area contributed by atoms with Gasteiger partial charge in [-0.2, -0.15) is 0 Å². The molecule has 1 heterocycles. The minimum Gasteiger partial charge on any atom is -0.466 e. The number of hydrogen-bond acceptors (Lipinski definition) is 2. The summed E-state index contributed by atoms with van der Waals surface area (Å²) in [5.74, 6) is 1.67. The molecule has 2 aromatic rings. The number of rotatable bonds is 5. The first-order valence-electron chi connectivity index (χ1n) is 7.09. The fraction of sp³-hybridized carbons (Fsp3) is 0.412. The highest BCUT2D eigenvalue weighted by Gasteiger charge is 2.17. The Morgan fingerprint density at radius 1 is 1.25 bits per heavy atom. The van der Waals surface area contributed by atoms with Gasteiger partial charge in [0, 0.05) is 17.6 Å². The van der Waals surface area contributed by atoms with E-state index in [-0.39, 0.29) is 17.9 Å².